The Labute approximate surface area is 172 Å². The maximum Gasteiger partial charge on any atom is 0.251 e. The van der Waals surface area contributed by atoms with Crippen molar-refractivity contribution in [3.8, 4) is 0 Å². The van der Waals surface area contributed by atoms with Gasteiger partial charge < -0.3 is 10.2 Å². The van der Waals surface area contributed by atoms with Gasteiger partial charge in [0.05, 0.1) is 10.9 Å². The molecule has 2 rings (SSSR count). The summed E-state index contributed by atoms with van der Waals surface area (Å²) in [5.41, 5.74) is 2.27. The number of carbonyl (C=O) groups is 1. The van der Waals surface area contributed by atoms with Gasteiger partial charge in [0.1, 0.15) is 0 Å². The van der Waals surface area contributed by atoms with Crippen molar-refractivity contribution in [3.05, 3.63) is 51.7 Å². The van der Waals surface area contributed by atoms with E-state index >= 15 is 0 Å². The normalized spacial score (nSPS) is 13.1. The number of sulfonamides is 1. The maximum atomic E-state index is 12.8. The molecular weight excluding hydrogens is 394 g/mol. The monoisotopic (exact) mass is 423 g/mol. The average molecular weight is 424 g/mol. The standard InChI is InChI=1S/C20H29N3O3S2/c1-6-23(7-2)28(25,26)17-9-8-15(3)18(12-17)20(24)21-13-19(22(4)5)16-10-11-27-14-16/h8-12,14,19H,6-7,13H2,1-5H3,(H,21,24). The van der Waals surface area contributed by atoms with Gasteiger partial charge in [0.15, 0.2) is 0 Å². The van der Waals surface area contributed by atoms with Crippen molar-refractivity contribution >= 4 is 27.3 Å². The van der Waals surface area contributed by atoms with Gasteiger partial charge in [-0.2, -0.15) is 15.6 Å². The van der Waals surface area contributed by atoms with Crippen LogP contribution in [0.15, 0.2) is 39.9 Å². The summed E-state index contributed by atoms with van der Waals surface area (Å²) < 4.78 is 26.9. The van der Waals surface area contributed by atoms with Crippen LogP contribution in [0.3, 0.4) is 0 Å². The summed E-state index contributed by atoms with van der Waals surface area (Å²) in [6.07, 6.45) is 0. The van der Waals surface area contributed by atoms with Gasteiger partial charge in [-0.25, -0.2) is 8.42 Å². The van der Waals surface area contributed by atoms with Crippen molar-refractivity contribution < 1.29 is 13.2 Å². The predicted octanol–water partition coefficient (Wildman–Crippen LogP) is 3.12. The zero-order chi connectivity index (χ0) is 20.9. The van der Waals surface area contributed by atoms with Crippen molar-refractivity contribution in [2.75, 3.05) is 33.7 Å². The quantitative estimate of drug-likeness (QED) is 0.673. The Bertz CT molecular complexity index is 889. The van der Waals surface area contributed by atoms with Gasteiger partial charge in [0, 0.05) is 25.2 Å². The fraction of sp³-hybridized carbons (Fsp3) is 0.450. The summed E-state index contributed by atoms with van der Waals surface area (Å²) in [4.78, 5) is 15.0. The molecule has 0 saturated carbocycles. The highest BCUT2D eigenvalue weighted by Gasteiger charge is 2.24. The highest BCUT2D eigenvalue weighted by atomic mass is 32.2. The molecule has 1 heterocycles. The molecular formula is C20H29N3O3S2. The van der Waals surface area contributed by atoms with E-state index in [1.165, 1.54) is 10.4 Å². The van der Waals surface area contributed by atoms with E-state index in [2.05, 4.69) is 15.6 Å². The van der Waals surface area contributed by atoms with E-state index in [-0.39, 0.29) is 16.8 Å². The van der Waals surface area contributed by atoms with E-state index in [4.69, 9.17) is 0 Å². The lowest BCUT2D eigenvalue weighted by atomic mass is 10.1. The first-order valence-electron chi connectivity index (χ1n) is 9.29. The third-order valence-electron chi connectivity index (χ3n) is 4.80. The van der Waals surface area contributed by atoms with Crippen LogP contribution < -0.4 is 5.32 Å². The molecule has 154 valence electrons. The Hall–Kier alpha value is -1.74. The Morgan fingerprint density at radius 1 is 1.18 bits per heavy atom. The molecule has 0 fully saturated rings. The first-order chi connectivity index (χ1) is 13.2. The Kier molecular flexibility index (Phi) is 7.77. The van der Waals surface area contributed by atoms with Crippen LogP contribution >= 0.6 is 11.3 Å². The number of thiophene rings is 1. The number of rotatable bonds is 9. The van der Waals surface area contributed by atoms with Crippen LogP contribution in [0.2, 0.25) is 0 Å². The van der Waals surface area contributed by atoms with Gasteiger partial charge in [-0.3, -0.25) is 4.79 Å². The second kappa shape index (κ2) is 9.65. The SMILES string of the molecule is CCN(CC)S(=O)(=O)c1ccc(C)c(C(=O)NCC(c2ccsc2)N(C)C)c1. The number of likely N-dealkylation sites (N-methyl/N-ethyl adjacent to an activating group) is 1. The molecule has 1 N–H and O–H groups in total. The molecule has 0 aliphatic rings. The van der Waals surface area contributed by atoms with Crippen LogP contribution in [0.1, 0.15) is 41.4 Å². The fourth-order valence-corrected chi connectivity index (χ4v) is 5.26. The van der Waals surface area contributed by atoms with Crippen LogP contribution in [-0.4, -0.2) is 57.3 Å². The largest absolute Gasteiger partial charge is 0.350 e. The number of carbonyl (C=O) groups excluding carboxylic acids is 1. The third kappa shape index (κ3) is 5.00. The maximum absolute atomic E-state index is 12.8. The zero-order valence-corrected chi connectivity index (χ0v) is 18.7. The summed E-state index contributed by atoms with van der Waals surface area (Å²) in [6.45, 7) is 6.63. The van der Waals surface area contributed by atoms with E-state index in [0.29, 0.717) is 25.2 Å². The number of nitrogens with one attached hydrogen (secondary N) is 1. The van der Waals surface area contributed by atoms with Crippen LogP contribution in [0.25, 0.3) is 0 Å². The minimum absolute atomic E-state index is 0.0538. The zero-order valence-electron chi connectivity index (χ0n) is 17.1. The molecule has 0 aliphatic carbocycles. The highest BCUT2D eigenvalue weighted by Crippen LogP contribution is 2.22. The average Bonchev–Trinajstić information content (AvgIpc) is 3.16. The minimum Gasteiger partial charge on any atom is -0.350 e. The summed E-state index contributed by atoms with van der Waals surface area (Å²) in [7, 11) is 0.331. The Morgan fingerprint density at radius 3 is 2.39 bits per heavy atom. The lowest BCUT2D eigenvalue weighted by Crippen LogP contribution is -2.35. The van der Waals surface area contributed by atoms with Crippen molar-refractivity contribution in [3.63, 3.8) is 0 Å². The van der Waals surface area contributed by atoms with E-state index in [1.807, 2.05) is 32.5 Å². The van der Waals surface area contributed by atoms with Gasteiger partial charge >= 0.3 is 0 Å². The van der Waals surface area contributed by atoms with Crippen molar-refractivity contribution in [1.82, 2.24) is 14.5 Å². The second-order valence-electron chi connectivity index (χ2n) is 6.81. The van der Waals surface area contributed by atoms with E-state index in [1.54, 1.807) is 37.3 Å². The molecule has 6 nitrogen and oxygen atoms in total. The summed E-state index contributed by atoms with van der Waals surface area (Å²) >= 11 is 1.62. The van der Waals surface area contributed by atoms with E-state index in [9.17, 15) is 13.2 Å². The molecule has 1 aromatic carbocycles. The molecule has 0 spiro atoms. The van der Waals surface area contributed by atoms with Crippen LogP contribution in [0.5, 0.6) is 0 Å². The van der Waals surface area contributed by atoms with Gasteiger partial charge in [-0.15, -0.1) is 0 Å². The van der Waals surface area contributed by atoms with Crippen molar-refractivity contribution in [2.24, 2.45) is 0 Å². The molecule has 1 unspecified atom stereocenters. The summed E-state index contributed by atoms with van der Waals surface area (Å²) in [6, 6.07) is 6.83. The van der Waals surface area contributed by atoms with Crippen molar-refractivity contribution in [1.29, 1.82) is 0 Å². The van der Waals surface area contributed by atoms with Crippen LogP contribution in [0.4, 0.5) is 0 Å². The van der Waals surface area contributed by atoms with Gasteiger partial charge in [-0.1, -0.05) is 19.9 Å². The summed E-state index contributed by atoms with van der Waals surface area (Å²) in [5, 5.41) is 7.04. The van der Waals surface area contributed by atoms with Crippen LogP contribution in [0, 0.1) is 6.92 Å². The van der Waals surface area contributed by atoms with E-state index < -0.39 is 10.0 Å². The number of nitrogens with zero attached hydrogens (tertiary/aromatic N) is 2. The number of aryl methyl sites for hydroxylation is 1. The molecule has 2 aromatic rings. The summed E-state index contributed by atoms with van der Waals surface area (Å²) in [5.74, 6) is -0.267. The lowest BCUT2D eigenvalue weighted by Gasteiger charge is -2.24. The molecule has 0 radical (unpaired) electrons. The first kappa shape index (κ1) is 22.5. The van der Waals surface area contributed by atoms with Crippen LogP contribution in [-0.2, 0) is 10.0 Å². The van der Waals surface area contributed by atoms with E-state index in [0.717, 1.165) is 11.1 Å². The third-order valence-corrected chi connectivity index (χ3v) is 7.55. The van der Waals surface area contributed by atoms with Gasteiger partial charge in [0.25, 0.3) is 5.91 Å². The number of amides is 1. The van der Waals surface area contributed by atoms with Crippen molar-refractivity contribution in [2.45, 2.75) is 31.7 Å². The molecule has 28 heavy (non-hydrogen) atoms. The first-order valence-corrected chi connectivity index (χ1v) is 11.7. The Balaban J connectivity index is 2.24. The molecule has 1 amide bonds. The predicted molar refractivity (Wildman–Crippen MR) is 114 cm³/mol. The molecule has 1 aromatic heterocycles. The second-order valence-corrected chi connectivity index (χ2v) is 9.53. The van der Waals surface area contributed by atoms with Gasteiger partial charge in [-0.05, 0) is 61.1 Å². The number of hydrogen-bond acceptors (Lipinski definition) is 5. The topological polar surface area (TPSA) is 69.7 Å². The lowest BCUT2D eigenvalue weighted by molar-refractivity contribution is 0.0941. The smallest absolute Gasteiger partial charge is 0.251 e. The fourth-order valence-electron chi connectivity index (χ4n) is 3.07. The molecule has 0 aliphatic heterocycles. The van der Waals surface area contributed by atoms with Gasteiger partial charge in [0.2, 0.25) is 10.0 Å². The Morgan fingerprint density at radius 2 is 1.86 bits per heavy atom. The molecule has 8 heteroatoms. The molecule has 0 saturated heterocycles. The minimum atomic E-state index is -3.61. The molecule has 0 bridgehead atoms. The molecule has 1 atom stereocenters. The number of hydrogen-bond donors (Lipinski definition) is 1. The number of benzene rings is 1. The highest BCUT2D eigenvalue weighted by molar-refractivity contribution is 7.89.